The van der Waals surface area contributed by atoms with Gasteiger partial charge in [0, 0.05) is 11.8 Å². The predicted octanol–water partition coefficient (Wildman–Crippen LogP) is 5.31. The lowest BCUT2D eigenvalue weighted by Crippen LogP contribution is -2.33. The summed E-state index contributed by atoms with van der Waals surface area (Å²) in [5.74, 6) is -0.290. The van der Waals surface area contributed by atoms with Crippen molar-refractivity contribution < 1.29 is 24.9 Å². The van der Waals surface area contributed by atoms with E-state index in [9.17, 15) is 20.1 Å². The van der Waals surface area contributed by atoms with Gasteiger partial charge in [-0.3, -0.25) is 4.79 Å². The fourth-order valence-electron chi connectivity index (χ4n) is 3.41. The quantitative estimate of drug-likeness (QED) is 0.131. The summed E-state index contributed by atoms with van der Waals surface area (Å²) in [5, 5.41) is 28.4. The summed E-state index contributed by atoms with van der Waals surface area (Å²) in [6.07, 6.45) is 20.2. The largest absolute Gasteiger partial charge is 0.463 e. The first-order chi connectivity index (χ1) is 14.5. The first-order valence-electron chi connectivity index (χ1n) is 12.2. The minimum Gasteiger partial charge on any atom is -0.463 e. The Kier molecular flexibility index (Phi) is 19.4. The van der Waals surface area contributed by atoms with Crippen molar-refractivity contribution >= 4 is 5.97 Å². The van der Waals surface area contributed by atoms with E-state index in [0.29, 0.717) is 6.42 Å². The number of rotatable bonds is 21. The number of unbranched alkanes of at least 4 members (excludes halogenated alkanes) is 11. The number of carbonyl (C=O) groups excluding carboxylic acids is 1. The van der Waals surface area contributed by atoms with Gasteiger partial charge in [-0.05, 0) is 38.5 Å². The molecule has 1 atom stereocenters. The number of hydrogen-bond acceptors (Lipinski definition) is 5. The molecule has 0 aromatic carbocycles. The van der Waals surface area contributed by atoms with E-state index >= 15 is 0 Å². The van der Waals surface area contributed by atoms with Crippen LogP contribution in [0.15, 0.2) is 12.2 Å². The molecule has 0 amide bonds. The van der Waals surface area contributed by atoms with E-state index in [-0.39, 0.29) is 32.2 Å². The summed E-state index contributed by atoms with van der Waals surface area (Å²) < 4.78 is 5.10. The number of carbonyl (C=O) groups is 1. The number of ether oxygens (including phenoxy) is 1. The number of allylic oxidation sites excluding steroid dienone is 2. The van der Waals surface area contributed by atoms with Gasteiger partial charge in [0.1, 0.15) is 6.61 Å². The van der Waals surface area contributed by atoms with Crippen LogP contribution in [-0.2, 0) is 9.53 Å². The third kappa shape index (κ3) is 17.9. The maximum absolute atomic E-state index is 11.7. The number of aliphatic hydroxyl groups excluding tert-OH is 3. The highest BCUT2D eigenvalue weighted by Gasteiger charge is 2.26. The standard InChI is InChI=1S/C25H48O5/c1-3-4-5-6-7-8-9-10-11-12-13-14-15-16-17-18-24(29)30-20-23(28)19-25(2,21-26)22-27/h10-11,23,26-28H,3-9,12-22H2,1-2H3. The van der Waals surface area contributed by atoms with Crippen LogP contribution in [0.4, 0.5) is 0 Å². The predicted molar refractivity (Wildman–Crippen MR) is 123 cm³/mol. The molecule has 3 N–H and O–H groups in total. The van der Waals surface area contributed by atoms with Gasteiger partial charge >= 0.3 is 5.97 Å². The number of esters is 1. The zero-order valence-corrected chi connectivity index (χ0v) is 19.6. The molecule has 0 radical (unpaired) electrons. The second-order valence-electron chi connectivity index (χ2n) is 9.00. The highest BCUT2D eigenvalue weighted by Crippen LogP contribution is 2.22. The van der Waals surface area contributed by atoms with Crippen molar-refractivity contribution in [3.63, 3.8) is 0 Å². The molecule has 0 fully saturated rings. The van der Waals surface area contributed by atoms with Crippen molar-refractivity contribution in [3.8, 4) is 0 Å². The monoisotopic (exact) mass is 428 g/mol. The summed E-state index contributed by atoms with van der Waals surface area (Å²) >= 11 is 0. The summed E-state index contributed by atoms with van der Waals surface area (Å²) in [6, 6.07) is 0. The van der Waals surface area contributed by atoms with E-state index in [4.69, 9.17) is 4.74 Å². The summed E-state index contributed by atoms with van der Waals surface area (Å²) in [4.78, 5) is 11.7. The average Bonchev–Trinajstić information content (AvgIpc) is 2.74. The zero-order valence-electron chi connectivity index (χ0n) is 19.6. The van der Waals surface area contributed by atoms with E-state index in [1.807, 2.05) is 0 Å². The Bertz CT molecular complexity index is 418. The minimum atomic E-state index is -0.868. The molecular weight excluding hydrogens is 380 g/mol. The van der Waals surface area contributed by atoms with E-state index < -0.39 is 11.5 Å². The Morgan fingerprint density at radius 1 is 0.867 bits per heavy atom. The molecular formula is C25H48O5. The number of hydrogen-bond donors (Lipinski definition) is 3. The van der Waals surface area contributed by atoms with Gasteiger partial charge in [-0.25, -0.2) is 0 Å². The molecule has 0 aliphatic carbocycles. The van der Waals surface area contributed by atoms with Crippen LogP contribution in [0.3, 0.4) is 0 Å². The molecule has 0 aliphatic heterocycles. The molecule has 0 rings (SSSR count). The topological polar surface area (TPSA) is 87.0 Å². The van der Waals surface area contributed by atoms with Crippen LogP contribution < -0.4 is 0 Å². The van der Waals surface area contributed by atoms with Crippen molar-refractivity contribution in [2.45, 2.75) is 116 Å². The average molecular weight is 429 g/mol. The molecule has 0 aliphatic rings. The van der Waals surface area contributed by atoms with Crippen molar-refractivity contribution in [3.05, 3.63) is 12.2 Å². The summed E-state index contributed by atoms with van der Waals surface area (Å²) in [5.41, 5.74) is -0.755. The number of aliphatic hydroxyl groups is 3. The lowest BCUT2D eigenvalue weighted by Gasteiger charge is -2.27. The maximum atomic E-state index is 11.7. The fourth-order valence-corrected chi connectivity index (χ4v) is 3.41. The SMILES string of the molecule is CCCCCCCCC=CCCCCCCCC(=O)OCC(O)CC(C)(CO)CO. The lowest BCUT2D eigenvalue weighted by molar-refractivity contribution is -0.147. The fraction of sp³-hybridized carbons (Fsp3) is 0.880. The Labute approximate surface area is 184 Å². The Balaban J connectivity index is 3.47. The highest BCUT2D eigenvalue weighted by atomic mass is 16.5. The third-order valence-electron chi connectivity index (χ3n) is 5.57. The molecule has 5 nitrogen and oxygen atoms in total. The minimum absolute atomic E-state index is 0.0838. The Morgan fingerprint density at radius 2 is 1.37 bits per heavy atom. The van der Waals surface area contributed by atoms with E-state index in [2.05, 4.69) is 19.1 Å². The van der Waals surface area contributed by atoms with Gasteiger partial charge in [0.2, 0.25) is 0 Å². The second kappa shape index (κ2) is 20.0. The van der Waals surface area contributed by atoms with Crippen molar-refractivity contribution in [2.24, 2.45) is 5.41 Å². The van der Waals surface area contributed by atoms with Crippen molar-refractivity contribution in [1.29, 1.82) is 0 Å². The molecule has 0 aromatic heterocycles. The van der Waals surface area contributed by atoms with Gasteiger partial charge in [0.05, 0.1) is 19.3 Å². The van der Waals surface area contributed by atoms with E-state index in [0.717, 1.165) is 25.7 Å². The van der Waals surface area contributed by atoms with Crippen LogP contribution in [0.25, 0.3) is 0 Å². The molecule has 0 saturated carbocycles. The molecule has 1 unspecified atom stereocenters. The van der Waals surface area contributed by atoms with Crippen LogP contribution in [-0.4, -0.2) is 47.2 Å². The van der Waals surface area contributed by atoms with Gasteiger partial charge in [-0.1, -0.05) is 77.4 Å². The maximum Gasteiger partial charge on any atom is 0.305 e. The smallest absolute Gasteiger partial charge is 0.305 e. The molecule has 0 spiro atoms. The highest BCUT2D eigenvalue weighted by molar-refractivity contribution is 5.69. The van der Waals surface area contributed by atoms with Crippen molar-refractivity contribution in [2.75, 3.05) is 19.8 Å². The molecule has 5 heteroatoms. The first kappa shape index (κ1) is 29.1. The normalized spacial score (nSPS) is 13.1. The van der Waals surface area contributed by atoms with Crippen LogP contribution in [0, 0.1) is 5.41 Å². The van der Waals surface area contributed by atoms with Gasteiger partial charge in [0.15, 0.2) is 0 Å². The summed E-state index contributed by atoms with van der Waals surface area (Å²) in [7, 11) is 0. The molecule has 0 bridgehead atoms. The van der Waals surface area contributed by atoms with Crippen molar-refractivity contribution in [1.82, 2.24) is 0 Å². The van der Waals surface area contributed by atoms with E-state index in [1.54, 1.807) is 6.92 Å². The second-order valence-corrected chi connectivity index (χ2v) is 9.00. The molecule has 0 saturated heterocycles. The Morgan fingerprint density at radius 3 is 1.90 bits per heavy atom. The Hall–Kier alpha value is -0.910. The van der Waals surface area contributed by atoms with E-state index in [1.165, 1.54) is 57.8 Å². The van der Waals surface area contributed by atoms with Gasteiger partial charge in [0.25, 0.3) is 0 Å². The zero-order chi connectivity index (χ0) is 22.5. The summed E-state index contributed by atoms with van der Waals surface area (Å²) in [6.45, 7) is 3.41. The third-order valence-corrected chi connectivity index (χ3v) is 5.57. The van der Waals surface area contributed by atoms with Crippen LogP contribution in [0.5, 0.6) is 0 Å². The van der Waals surface area contributed by atoms with Gasteiger partial charge in [-0.2, -0.15) is 0 Å². The lowest BCUT2D eigenvalue weighted by atomic mass is 9.86. The first-order valence-corrected chi connectivity index (χ1v) is 12.2. The molecule has 178 valence electrons. The molecule has 30 heavy (non-hydrogen) atoms. The van der Waals surface area contributed by atoms with Crippen LogP contribution in [0.1, 0.15) is 110 Å². The van der Waals surface area contributed by atoms with Crippen LogP contribution in [0.2, 0.25) is 0 Å². The van der Waals surface area contributed by atoms with Crippen LogP contribution >= 0.6 is 0 Å². The van der Waals surface area contributed by atoms with Gasteiger partial charge < -0.3 is 20.1 Å². The molecule has 0 heterocycles. The molecule has 0 aromatic rings. The van der Waals surface area contributed by atoms with Gasteiger partial charge in [-0.15, -0.1) is 0 Å².